The Morgan fingerprint density at radius 3 is 2.30 bits per heavy atom. The standard InChI is InChI=1S/C21H27ClN4O/c1-15(2)20(16-4-6-17(22)7-5-16)21(27)24-18-8-9-19(23-14-18)26-12-10-25(3)11-13-26/h4-9,14-15,20H,10-13H2,1-3H3,(H,24,27). The maximum absolute atomic E-state index is 12.9. The van der Waals surface area contributed by atoms with Gasteiger partial charge in [0.15, 0.2) is 0 Å². The Kier molecular flexibility index (Phi) is 6.34. The summed E-state index contributed by atoms with van der Waals surface area (Å²) >= 11 is 5.98. The molecule has 2 aromatic rings. The van der Waals surface area contributed by atoms with Crippen LogP contribution in [0.25, 0.3) is 0 Å². The summed E-state index contributed by atoms with van der Waals surface area (Å²) in [6.45, 7) is 8.12. The van der Waals surface area contributed by atoms with Gasteiger partial charge >= 0.3 is 0 Å². The normalized spacial score (nSPS) is 16.4. The first-order valence-electron chi connectivity index (χ1n) is 9.40. The molecule has 1 aromatic heterocycles. The van der Waals surface area contributed by atoms with E-state index in [4.69, 9.17) is 11.6 Å². The molecule has 2 heterocycles. The Balaban J connectivity index is 1.68. The number of likely N-dealkylation sites (N-methyl/N-ethyl adjacent to an activating group) is 1. The molecule has 1 fully saturated rings. The molecule has 0 radical (unpaired) electrons. The largest absolute Gasteiger partial charge is 0.354 e. The molecule has 1 N–H and O–H groups in total. The highest BCUT2D eigenvalue weighted by Crippen LogP contribution is 2.27. The van der Waals surface area contributed by atoms with Crippen molar-refractivity contribution in [3.05, 3.63) is 53.2 Å². The molecule has 5 nitrogen and oxygen atoms in total. The van der Waals surface area contributed by atoms with Crippen molar-refractivity contribution in [3.8, 4) is 0 Å². The van der Waals surface area contributed by atoms with Crippen molar-refractivity contribution in [2.45, 2.75) is 19.8 Å². The van der Waals surface area contributed by atoms with Crippen LogP contribution in [0.1, 0.15) is 25.3 Å². The van der Waals surface area contributed by atoms with Crippen molar-refractivity contribution in [1.82, 2.24) is 9.88 Å². The number of piperazine rings is 1. The van der Waals surface area contributed by atoms with Gasteiger partial charge in [-0.2, -0.15) is 0 Å². The summed E-state index contributed by atoms with van der Waals surface area (Å²) in [6.07, 6.45) is 1.74. The van der Waals surface area contributed by atoms with E-state index < -0.39 is 0 Å². The molecule has 1 aliphatic rings. The number of hydrogen-bond donors (Lipinski definition) is 1. The van der Waals surface area contributed by atoms with Crippen LogP contribution >= 0.6 is 11.6 Å². The molecule has 0 bridgehead atoms. The lowest BCUT2D eigenvalue weighted by molar-refractivity contribution is -0.118. The van der Waals surface area contributed by atoms with E-state index in [1.807, 2.05) is 50.2 Å². The summed E-state index contributed by atoms with van der Waals surface area (Å²) in [4.78, 5) is 22.0. The molecule has 0 aliphatic carbocycles. The number of pyridine rings is 1. The van der Waals surface area contributed by atoms with E-state index in [2.05, 4.69) is 27.1 Å². The topological polar surface area (TPSA) is 48.5 Å². The van der Waals surface area contributed by atoms with Gasteiger partial charge in [-0.25, -0.2) is 4.98 Å². The predicted octanol–water partition coefficient (Wildman–Crippen LogP) is 3.87. The van der Waals surface area contributed by atoms with Gasteiger partial charge in [-0.15, -0.1) is 0 Å². The van der Waals surface area contributed by atoms with E-state index in [-0.39, 0.29) is 17.7 Å². The second-order valence-electron chi connectivity index (χ2n) is 7.46. The summed E-state index contributed by atoms with van der Waals surface area (Å²) in [5.74, 6) is 0.865. The van der Waals surface area contributed by atoms with Gasteiger partial charge < -0.3 is 15.1 Å². The number of hydrogen-bond acceptors (Lipinski definition) is 4. The zero-order valence-corrected chi connectivity index (χ0v) is 16.9. The van der Waals surface area contributed by atoms with Crippen molar-refractivity contribution >= 4 is 29.0 Å². The third-order valence-electron chi connectivity index (χ3n) is 5.02. The molecule has 3 rings (SSSR count). The SMILES string of the molecule is CC(C)C(C(=O)Nc1ccc(N2CCN(C)CC2)nc1)c1ccc(Cl)cc1. The molecule has 0 saturated carbocycles. The lowest BCUT2D eigenvalue weighted by Gasteiger charge is -2.33. The second-order valence-corrected chi connectivity index (χ2v) is 7.89. The first-order valence-corrected chi connectivity index (χ1v) is 9.77. The quantitative estimate of drug-likeness (QED) is 0.847. The van der Waals surface area contributed by atoms with Gasteiger partial charge in [0, 0.05) is 31.2 Å². The van der Waals surface area contributed by atoms with Crippen molar-refractivity contribution in [2.75, 3.05) is 43.4 Å². The van der Waals surface area contributed by atoms with Crippen molar-refractivity contribution in [3.63, 3.8) is 0 Å². The first-order chi connectivity index (χ1) is 12.9. The molecular weight excluding hydrogens is 360 g/mol. The number of anilines is 2. The molecule has 27 heavy (non-hydrogen) atoms. The average molecular weight is 387 g/mol. The first kappa shape index (κ1) is 19.6. The van der Waals surface area contributed by atoms with Gasteiger partial charge in [0.1, 0.15) is 5.82 Å². The van der Waals surface area contributed by atoms with Gasteiger partial charge in [-0.1, -0.05) is 37.6 Å². The molecule has 0 spiro atoms. The second kappa shape index (κ2) is 8.72. The maximum atomic E-state index is 12.9. The van der Waals surface area contributed by atoms with E-state index >= 15 is 0 Å². The third-order valence-corrected chi connectivity index (χ3v) is 5.27. The Morgan fingerprint density at radius 1 is 1.07 bits per heavy atom. The van der Waals surface area contributed by atoms with E-state index in [0.29, 0.717) is 5.02 Å². The molecule has 1 atom stereocenters. The van der Waals surface area contributed by atoms with E-state index in [1.54, 1.807) is 6.20 Å². The Hall–Kier alpha value is -2.11. The van der Waals surface area contributed by atoms with Gasteiger partial charge in [0.2, 0.25) is 5.91 Å². The van der Waals surface area contributed by atoms with Crippen LogP contribution in [-0.4, -0.2) is 49.0 Å². The van der Waals surface area contributed by atoms with Crippen LogP contribution in [0, 0.1) is 5.92 Å². The molecule has 1 amide bonds. The summed E-state index contributed by atoms with van der Waals surface area (Å²) in [6, 6.07) is 11.4. The fraction of sp³-hybridized carbons (Fsp3) is 0.429. The number of nitrogens with zero attached hydrogens (tertiary/aromatic N) is 3. The number of carbonyl (C=O) groups excluding carboxylic acids is 1. The monoisotopic (exact) mass is 386 g/mol. The number of benzene rings is 1. The number of aromatic nitrogens is 1. The van der Waals surface area contributed by atoms with Crippen LogP contribution in [0.4, 0.5) is 11.5 Å². The number of nitrogens with one attached hydrogen (secondary N) is 1. The fourth-order valence-corrected chi connectivity index (χ4v) is 3.54. The Morgan fingerprint density at radius 2 is 1.74 bits per heavy atom. The number of amides is 1. The minimum absolute atomic E-state index is 0.0264. The van der Waals surface area contributed by atoms with Crippen molar-refractivity contribution < 1.29 is 4.79 Å². The summed E-state index contributed by atoms with van der Waals surface area (Å²) in [5.41, 5.74) is 1.69. The average Bonchev–Trinajstić information content (AvgIpc) is 2.65. The highest BCUT2D eigenvalue weighted by molar-refractivity contribution is 6.30. The molecular formula is C21H27ClN4O. The minimum atomic E-state index is -0.237. The Labute approximate surface area is 166 Å². The van der Waals surface area contributed by atoms with E-state index in [1.165, 1.54) is 0 Å². The third kappa shape index (κ3) is 4.99. The lowest BCUT2D eigenvalue weighted by Crippen LogP contribution is -2.44. The van der Waals surface area contributed by atoms with Crippen LogP contribution in [0.2, 0.25) is 5.02 Å². The van der Waals surface area contributed by atoms with Gasteiger partial charge in [0.25, 0.3) is 0 Å². The summed E-state index contributed by atoms with van der Waals surface area (Å²) in [5, 5.41) is 3.68. The van der Waals surface area contributed by atoms with Gasteiger partial charge in [-0.3, -0.25) is 4.79 Å². The van der Waals surface area contributed by atoms with Crippen LogP contribution < -0.4 is 10.2 Å². The Bertz CT molecular complexity index is 753. The summed E-state index contributed by atoms with van der Waals surface area (Å²) in [7, 11) is 2.13. The maximum Gasteiger partial charge on any atom is 0.232 e. The highest BCUT2D eigenvalue weighted by atomic mass is 35.5. The zero-order valence-electron chi connectivity index (χ0n) is 16.2. The molecule has 6 heteroatoms. The number of carbonyl (C=O) groups is 1. The van der Waals surface area contributed by atoms with Crippen LogP contribution in [0.3, 0.4) is 0 Å². The molecule has 144 valence electrons. The highest BCUT2D eigenvalue weighted by Gasteiger charge is 2.24. The fourth-order valence-electron chi connectivity index (χ4n) is 3.41. The van der Waals surface area contributed by atoms with Gasteiger partial charge in [0.05, 0.1) is 17.8 Å². The zero-order chi connectivity index (χ0) is 19.4. The molecule has 1 saturated heterocycles. The molecule has 1 aromatic carbocycles. The van der Waals surface area contributed by atoms with Crippen molar-refractivity contribution in [1.29, 1.82) is 0 Å². The predicted molar refractivity (Wildman–Crippen MR) is 112 cm³/mol. The molecule has 1 aliphatic heterocycles. The van der Waals surface area contributed by atoms with Crippen LogP contribution in [0.5, 0.6) is 0 Å². The minimum Gasteiger partial charge on any atom is -0.354 e. The lowest BCUT2D eigenvalue weighted by atomic mass is 9.87. The van der Waals surface area contributed by atoms with E-state index in [0.717, 1.165) is 43.2 Å². The smallest absolute Gasteiger partial charge is 0.232 e. The van der Waals surface area contributed by atoms with Crippen LogP contribution in [-0.2, 0) is 4.79 Å². The van der Waals surface area contributed by atoms with Crippen molar-refractivity contribution in [2.24, 2.45) is 5.92 Å². The van der Waals surface area contributed by atoms with E-state index in [9.17, 15) is 4.79 Å². The summed E-state index contributed by atoms with van der Waals surface area (Å²) < 4.78 is 0. The van der Waals surface area contributed by atoms with Gasteiger partial charge in [-0.05, 0) is 42.8 Å². The number of rotatable bonds is 5. The molecule has 1 unspecified atom stereocenters. The number of halogens is 1. The van der Waals surface area contributed by atoms with Crippen LogP contribution in [0.15, 0.2) is 42.6 Å².